The summed E-state index contributed by atoms with van der Waals surface area (Å²) in [6.45, 7) is 1.00. The normalized spacial score (nSPS) is 3.43. The molecule has 0 aromatic carbocycles. The molecule has 36 valence electrons. The fraction of sp³-hybridized carbons (Fsp3) is 0. The van der Waals surface area contributed by atoms with E-state index in [2.05, 4.69) is 0 Å². The Bertz CT molecular complexity index is 30.7. The summed E-state index contributed by atoms with van der Waals surface area (Å²) >= 11 is 0. The molecule has 4 nitrogen and oxygen atoms in total. The van der Waals surface area contributed by atoms with E-state index >= 15 is 0 Å². The Morgan fingerprint density at radius 1 is 1.00 bits per heavy atom. The Kier molecular flexibility index (Phi) is 72.0. The van der Waals surface area contributed by atoms with Gasteiger partial charge in [-0.1, -0.05) is 12.9 Å². The molecule has 2 N–H and O–H groups in total. The fourth-order valence-corrected chi connectivity index (χ4v) is 0. The van der Waals surface area contributed by atoms with Crippen LogP contribution in [0.3, 0.4) is 0 Å². The maximum atomic E-state index is 8.24. The van der Waals surface area contributed by atoms with Crippen molar-refractivity contribution in [1.82, 2.24) is 0 Å². The molecule has 0 heterocycles. The van der Waals surface area contributed by atoms with E-state index in [1.807, 2.05) is 0 Å². The van der Waals surface area contributed by atoms with Crippen LogP contribution >= 0.6 is 0 Å². The third kappa shape index (κ3) is 709. The first-order chi connectivity index (χ1) is 2.83. The zero-order valence-electron chi connectivity index (χ0n) is 3.42. The van der Waals surface area contributed by atoms with Gasteiger partial charge in [0.05, 0.1) is 0 Å². The Morgan fingerprint density at radius 3 is 1.00 bits per heavy atom. The third-order valence-corrected chi connectivity index (χ3v) is 0. The number of rotatable bonds is 0. The zero-order chi connectivity index (χ0) is 5.41. The fourth-order valence-electron chi connectivity index (χ4n) is 0. The van der Waals surface area contributed by atoms with E-state index in [9.17, 15) is 0 Å². The van der Waals surface area contributed by atoms with Gasteiger partial charge in [-0.2, -0.15) is 0 Å². The molecule has 0 bridgehead atoms. The van der Waals surface area contributed by atoms with Crippen LogP contribution < -0.4 is 0 Å². The Labute approximate surface area is 77.4 Å². The van der Waals surface area contributed by atoms with Crippen LogP contribution in [0.15, 0.2) is 0 Å². The molecule has 0 fully saturated rings. The summed E-state index contributed by atoms with van der Waals surface area (Å²) in [6.07, 6.45) is 0. The molecule has 0 rings (SSSR count). The second kappa shape index (κ2) is 32.2. The first-order valence-electron chi connectivity index (χ1n) is 0.855. The van der Waals surface area contributed by atoms with E-state index < -0.39 is 0 Å². The minimum Gasteiger partial charge on any atom is -0.665 e. The van der Waals surface area contributed by atoms with Crippen molar-refractivity contribution in [3.63, 3.8) is 0 Å². The van der Waals surface area contributed by atoms with Gasteiger partial charge in [0.25, 0.3) is 0 Å². The van der Waals surface area contributed by atoms with Crippen LogP contribution in [0, 0.1) is 0 Å². The first kappa shape index (κ1) is 15.7. The second-order valence-electron chi connectivity index (χ2n) is 0.183. The molecular weight excluding hydrogens is 176 g/mol. The van der Waals surface area contributed by atoms with E-state index in [1.54, 1.807) is 0 Å². The summed E-state index contributed by atoms with van der Waals surface area (Å²) in [7, 11) is 0. The monoisotopic (exact) mass is 178 g/mol. The molecule has 7 heavy (non-hydrogen) atoms. The summed E-state index contributed by atoms with van der Waals surface area (Å²) in [6, 6.07) is 0. The molecule has 0 aliphatic rings. The van der Waals surface area contributed by atoms with Crippen molar-refractivity contribution < 1.29 is 19.8 Å². The topological polar surface area (TPSA) is 74.6 Å². The largest absolute Gasteiger partial charge is 2.00 e. The molecule has 0 aromatic rings. The molecule has 0 saturated heterocycles. The predicted octanol–water partition coefficient (Wildman–Crippen LogP) is -1.16. The van der Waals surface area contributed by atoms with Gasteiger partial charge in [-0.3, -0.25) is 0 Å². The van der Waals surface area contributed by atoms with Crippen LogP contribution in [0.1, 0.15) is 0 Å². The molecule has 0 aromatic heterocycles. The first-order valence-corrected chi connectivity index (χ1v) is 0.855. The van der Waals surface area contributed by atoms with Gasteiger partial charge in [0.1, 0.15) is 0 Å². The van der Waals surface area contributed by atoms with Gasteiger partial charge >= 0.3 is 45.5 Å². The van der Waals surface area contributed by atoms with Crippen molar-refractivity contribution >= 4 is 58.4 Å². The maximum Gasteiger partial charge on any atom is 2.00 e. The van der Waals surface area contributed by atoms with Crippen LogP contribution in [-0.2, 0) is 9.59 Å². The summed E-state index contributed by atoms with van der Waals surface area (Å²) in [5, 5.41) is 13.5. The molecule has 0 aliphatic heterocycles. The Hall–Kier alpha value is 0.421. The van der Waals surface area contributed by atoms with Crippen LogP contribution in [-0.4, -0.2) is 68.6 Å². The molecule has 0 unspecified atom stereocenters. The summed E-state index contributed by atoms with van der Waals surface area (Å²) in [5.41, 5.74) is 0. The van der Waals surface area contributed by atoms with Gasteiger partial charge in [0.2, 0.25) is 0 Å². The van der Waals surface area contributed by atoms with Crippen LogP contribution in [0.2, 0.25) is 0 Å². The van der Waals surface area contributed by atoms with Gasteiger partial charge in [-0.25, -0.2) is 0 Å². The maximum absolute atomic E-state index is 8.24. The van der Waals surface area contributed by atoms with Crippen molar-refractivity contribution in [2.45, 2.75) is 0 Å². The minimum absolute atomic E-state index is 0. The quantitative estimate of drug-likeness (QED) is 0.362. The van der Waals surface area contributed by atoms with E-state index in [1.165, 1.54) is 0 Å². The van der Waals surface area contributed by atoms with Crippen molar-refractivity contribution in [3.8, 4) is 0 Å². The van der Waals surface area contributed by atoms with Gasteiger partial charge in [0.15, 0.2) is 0 Å². The van der Waals surface area contributed by atoms with Crippen molar-refractivity contribution in [2.24, 2.45) is 0 Å². The molecule has 0 saturated carbocycles. The number of hydrogen-bond acceptors (Lipinski definition) is 2. The Morgan fingerprint density at radius 2 is 1.00 bits per heavy atom. The van der Waals surface area contributed by atoms with Gasteiger partial charge in [0, 0.05) is 0 Å². The van der Waals surface area contributed by atoms with Crippen LogP contribution in [0.5, 0.6) is 0 Å². The predicted molar refractivity (Wildman–Crippen MR) is 22.4 cm³/mol. The van der Waals surface area contributed by atoms with E-state index in [0.717, 1.165) is 0 Å². The zero-order valence-corrected chi connectivity index (χ0v) is 6.89. The molecule has 5 heteroatoms. The molecule has 0 spiro atoms. The summed E-state index contributed by atoms with van der Waals surface area (Å²) in [4.78, 5) is 16.5. The summed E-state index contributed by atoms with van der Waals surface area (Å²) < 4.78 is 0. The molecule has 0 amide bonds. The van der Waals surface area contributed by atoms with Crippen molar-refractivity contribution in [3.05, 3.63) is 0 Å². The van der Waals surface area contributed by atoms with E-state index in [4.69, 9.17) is 19.8 Å². The van der Waals surface area contributed by atoms with Gasteiger partial charge in [-0.15, -0.1) is 0 Å². The molecule has 0 aliphatic carbocycles. The second-order valence-corrected chi connectivity index (χ2v) is 0.183. The van der Waals surface area contributed by atoms with Gasteiger partial charge < -0.3 is 19.8 Å². The minimum atomic E-state index is 0. The third-order valence-electron chi connectivity index (χ3n) is 0. The number of hydrogen-bond donors (Lipinski definition) is 2. The van der Waals surface area contributed by atoms with Crippen LogP contribution in [0.4, 0.5) is 0 Å². The molecule has 0 radical (unpaired) electrons. The van der Waals surface area contributed by atoms with Crippen molar-refractivity contribution in [2.75, 3.05) is 0 Å². The van der Waals surface area contributed by atoms with Crippen LogP contribution in [0.25, 0.3) is 0 Å². The number of aliphatic hydroxyl groups excluding tert-OH is 2. The summed E-state index contributed by atoms with van der Waals surface area (Å²) in [5.74, 6) is 0. The van der Waals surface area contributed by atoms with Gasteiger partial charge in [-0.05, 0) is 0 Å². The van der Waals surface area contributed by atoms with Crippen molar-refractivity contribution in [1.29, 1.82) is 0 Å². The Balaban J connectivity index is -0.0000000400. The SMILES string of the molecule is O=[C-]O.O=[C-]O.[Sr+2]. The average molecular weight is 178 g/mol. The molecule has 0 atom stereocenters. The smallest absolute Gasteiger partial charge is 0.665 e. The standard InChI is InChI=1S/2CHO2.Sr/c2*2-1-3;/h2*(H,2,3);/q2*-1;+2. The molecular formula is C2H2O4Sr. The average Bonchev–Trinajstić information content (AvgIpc) is 1.39. The van der Waals surface area contributed by atoms with E-state index in [-0.39, 0.29) is 45.5 Å². The van der Waals surface area contributed by atoms with E-state index in [0.29, 0.717) is 12.9 Å².